The van der Waals surface area contributed by atoms with Gasteiger partial charge in [-0.1, -0.05) is 26.7 Å². The Bertz CT molecular complexity index is 161. The van der Waals surface area contributed by atoms with Crippen molar-refractivity contribution in [3.63, 3.8) is 0 Å². The van der Waals surface area contributed by atoms with E-state index in [0.717, 1.165) is 18.4 Å². The predicted octanol–water partition coefficient (Wildman–Crippen LogP) is 4.02. The summed E-state index contributed by atoms with van der Waals surface area (Å²) in [6.45, 7) is 9.87. The van der Waals surface area contributed by atoms with Crippen LogP contribution in [0.1, 0.15) is 59.8 Å². The van der Waals surface area contributed by atoms with Gasteiger partial charge < -0.3 is 4.74 Å². The first-order valence-electron chi connectivity index (χ1n) is 6.19. The number of hydrogen-bond acceptors (Lipinski definition) is 1. The van der Waals surface area contributed by atoms with Crippen LogP contribution < -0.4 is 0 Å². The van der Waals surface area contributed by atoms with E-state index in [-0.39, 0.29) is 5.60 Å². The Balaban J connectivity index is 2.33. The van der Waals surface area contributed by atoms with Crippen molar-refractivity contribution < 1.29 is 4.74 Å². The third-order valence-electron chi connectivity index (χ3n) is 3.16. The first-order valence-corrected chi connectivity index (χ1v) is 6.19. The van der Waals surface area contributed by atoms with Gasteiger partial charge in [0.2, 0.25) is 0 Å². The minimum Gasteiger partial charge on any atom is -0.376 e. The predicted molar refractivity (Wildman–Crippen MR) is 61.4 cm³/mol. The van der Waals surface area contributed by atoms with Gasteiger partial charge in [0, 0.05) is 6.61 Å². The van der Waals surface area contributed by atoms with Gasteiger partial charge in [-0.3, -0.25) is 0 Å². The molecule has 0 saturated heterocycles. The zero-order valence-electron chi connectivity index (χ0n) is 10.3. The molecule has 0 aliphatic heterocycles. The molecule has 0 radical (unpaired) electrons. The highest BCUT2D eigenvalue weighted by Gasteiger charge is 2.33. The Morgan fingerprint density at radius 2 is 2.00 bits per heavy atom. The molecule has 1 fully saturated rings. The van der Waals surface area contributed by atoms with Crippen LogP contribution >= 0.6 is 0 Å². The van der Waals surface area contributed by atoms with Crippen LogP contribution in [0.5, 0.6) is 0 Å². The molecule has 0 aromatic carbocycles. The fourth-order valence-corrected chi connectivity index (χ4v) is 2.11. The monoisotopic (exact) mass is 198 g/mol. The van der Waals surface area contributed by atoms with Crippen molar-refractivity contribution in [2.45, 2.75) is 65.4 Å². The van der Waals surface area contributed by atoms with Gasteiger partial charge in [0.05, 0.1) is 5.60 Å². The van der Waals surface area contributed by atoms with Crippen molar-refractivity contribution in [2.75, 3.05) is 6.61 Å². The molecule has 0 N–H and O–H groups in total. The second-order valence-corrected chi connectivity index (χ2v) is 5.46. The zero-order chi connectivity index (χ0) is 10.6. The summed E-state index contributed by atoms with van der Waals surface area (Å²) in [7, 11) is 0. The van der Waals surface area contributed by atoms with Gasteiger partial charge in [0.25, 0.3) is 0 Å². The number of ether oxygens (including phenoxy) is 1. The van der Waals surface area contributed by atoms with E-state index in [0.29, 0.717) is 0 Å². The summed E-state index contributed by atoms with van der Waals surface area (Å²) < 4.78 is 5.93. The Labute approximate surface area is 89.2 Å². The van der Waals surface area contributed by atoms with Crippen molar-refractivity contribution in [3.8, 4) is 0 Å². The summed E-state index contributed by atoms with van der Waals surface area (Å²) >= 11 is 0. The second-order valence-electron chi connectivity index (χ2n) is 5.46. The molecule has 0 aromatic heterocycles. The fraction of sp³-hybridized carbons (Fsp3) is 1.00. The van der Waals surface area contributed by atoms with E-state index in [9.17, 15) is 0 Å². The molecule has 84 valence electrons. The maximum atomic E-state index is 5.93. The SMILES string of the molecule is CCOC(C)(CCC(C)C)CC1CC1. The van der Waals surface area contributed by atoms with Gasteiger partial charge in [0.15, 0.2) is 0 Å². The number of rotatable bonds is 7. The van der Waals surface area contributed by atoms with Crippen LogP contribution in [0.3, 0.4) is 0 Å². The van der Waals surface area contributed by atoms with Crippen molar-refractivity contribution in [2.24, 2.45) is 11.8 Å². The highest BCUT2D eigenvalue weighted by Crippen LogP contribution is 2.40. The van der Waals surface area contributed by atoms with E-state index < -0.39 is 0 Å². The van der Waals surface area contributed by atoms with Crippen LogP contribution in [0, 0.1) is 11.8 Å². The fourth-order valence-electron chi connectivity index (χ4n) is 2.11. The van der Waals surface area contributed by atoms with E-state index in [1.807, 2.05) is 0 Å². The maximum Gasteiger partial charge on any atom is 0.0657 e. The molecule has 1 atom stereocenters. The van der Waals surface area contributed by atoms with Crippen molar-refractivity contribution in [1.82, 2.24) is 0 Å². The van der Waals surface area contributed by atoms with Crippen LogP contribution in [-0.4, -0.2) is 12.2 Å². The second kappa shape index (κ2) is 5.16. The Morgan fingerprint density at radius 1 is 1.36 bits per heavy atom. The van der Waals surface area contributed by atoms with E-state index in [4.69, 9.17) is 4.74 Å². The number of hydrogen-bond donors (Lipinski definition) is 0. The normalized spacial score (nSPS) is 21.2. The molecule has 1 rings (SSSR count). The first kappa shape index (κ1) is 12.0. The molecule has 0 aromatic rings. The highest BCUT2D eigenvalue weighted by molar-refractivity contribution is 4.85. The van der Waals surface area contributed by atoms with E-state index >= 15 is 0 Å². The van der Waals surface area contributed by atoms with E-state index in [1.165, 1.54) is 32.1 Å². The summed E-state index contributed by atoms with van der Waals surface area (Å²) in [6, 6.07) is 0. The van der Waals surface area contributed by atoms with Gasteiger partial charge in [-0.05, 0) is 44.9 Å². The summed E-state index contributed by atoms with van der Waals surface area (Å²) in [5.74, 6) is 1.77. The van der Waals surface area contributed by atoms with Gasteiger partial charge in [-0.2, -0.15) is 0 Å². The molecule has 1 aliphatic carbocycles. The largest absolute Gasteiger partial charge is 0.376 e. The molecule has 0 heterocycles. The van der Waals surface area contributed by atoms with Crippen LogP contribution in [-0.2, 0) is 4.74 Å². The van der Waals surface area contributed by atoms with Crippen LogP contribution in [0.4, 0.5) is 0 Å². The molecule has 1 heteroatoms. The van der Waals surface area contributed by atoms with Gasteiger partial charge in [-0.25, -0.2) is 0 Å². The Hall–Kier alpha value is -0.0400. The van der Waals surface area contributed by atoms with E-state index in [2.05, 4.69) is 27.7 Å². The summed E-state index contributed by atoms with van der Waals surface area (Å²) in [4.78, 5) is 0. The molecule has 1 saturated carbocycles. The molecule has 1 unspecified atom stereocenters. The Morgan fingerprint density at radius 3 is 2.43 bits per heavy atom. The van der Waals surface area contributed by atoms with Crippen LogP contribution in [0.2, 0.25) is 0 Å². The quantitative estimate of drug-likeness (QED) is 0.600. The molecule has 0 spiro atoms. The first-order chi connectivity index (χ1) is 6.56. The van der Waals surface area contributed by atoms with Gasteiger partial charge >= 0.3 is 0 Å². The molecular weight excluding hydrogens is 172 g/mol. The maximum absolute atomic E-state index is 5.93. The average molecular weight is 198 g/mol. The minimum absolute atomic E-state index is 0.167. The molecular formula is C13H26O. The molecule has 0 bridgehead atoms. The molecule has 1 nitrogen and oxygen atoms in total. The highest BCUT2D eigenvalue weighted by atomic mass is 16.5. The topological polar surface area (TPSA) is 9.23 Å². The van der Waals surface area contributed by atoms with Gasteiger partial charge in [0.1, 0.15) is 0 Å². The summed E-state index contributed by atoms with van der Waals surface area (Å²) in [6.07, 6.45) is 6.68. The summed E-state index contributed by atoms with van der Waals surface area (Å²) in [5, 5.41) is 0. The standard InChI is InChI=1S/C13H26O/c1-5-14-13(4,9-8-11(2)3)10-12-6-7-12/h11-12H,5-10H2,1-4H3. The van der Waals surface area contributed by atoms with E-state index in [1.54, 1.807) is 0 Å². The lowest BCUT2D eigenvalue weighted by molar-refractivity contribution is -0.0440. The van der Waals surface area contributed by atoms with Crippen molar-refractivity contribution in [3.05, 3.63) is 0 Å². The third kappa shape index (κ3) is 4.45. The average Bonchev–Trinajstić information content (AvgIpc) is 2.85. The molecule has 1 aliphatic rings. The van der Waals surface area contributed by atoms with Crippen molar-refractivity contribution >= 4 is 0 Å². The van der Waals surface area contributed by atoms with Crippen LogP contribution in [0.25, 0.3) is 0 Å². The minimum atomic E-state index is 0.167. The third-order valence-corrected chi connectivity index (χ3v) is 3.16. The van der Waals surface area contributed by atoms with Crippen LogP contribution in [0.15, 0.2) is 0 Å². The molecule has 14 heavy (non-hydrogen) atoms. The smallest absolute Gasteiger partial charge is 0.0657 e. The van der Waals surface area contributed by atoms with Gasteiger partial charge in [-0.15, -0.1) is 0 Å². The Kier molecular flexibility index (Phi) is 4.43. The lowest BCUT2D eigenvalue weighted by atomic mass is 9.90. The van der Waals surface area contributed by atoms with Crippen molar-refractivity contribution in [1.29, 1.82) is 0 Å². The lowest BCUT2D eigenvalue weighted by Gasteiger charge is -2.30. The summed E-state index contributed by atoms with van der Waals surface area (Å²) in [5.41, 5.74) is 0.167. The lowest BCUT2D eigenvalue weighted by Crippen LogP contribution is -2.30. The molecule has 0 amide bonds. The zero-order valence-corrected chi connectivity index (χ0v) is 10.3.